The van der Waals surface area contributed by atoms with E-state index in [1.54, 1.807) is 0 Å². The van der Waals surface area contributed by atoms with Crippen LogP contribution in [0.3, 0.4) is 0 Å². The van der Waals surface area contributed by atoms with Crippen LogP contribution in [-0.4, -0.2) is 68.5 Å². The van der Waals surface area contributed by atoms with Crippen molar-refractivity contribution >= 4 is 11.6 Å². The summed E-state index contributed by atoms with van der Waals surface area (Å²) in [5.41, 5.74) is 1.50. The Hall–Kier alpha value is -1.92. The molecule has 1 saturated heterocycles. The maximum Gasteiger partial charge on any atom is 0.393 e. The van der Waals surface area contributed by atoms with Gasteiger partial charge in [-0.3, -0.25) is 0 Å². The Labute approximate surface area is 198 Å². The molecule has 0 bridgehead atoms. The van der Waals surface area contributed by atoms with Crippen LogP contribution in [-0.2, 0) is 24.2 Å². The van der Waals surface area contributed by atoms with E-state index in [2.05, 4.69) is 0 Å². The number of aliphatic hydroxyl groups is 5. The number of aliphatic hydroxyl groups excluding tert-OH is 5. The maximum absolute atomic E-state index is 12.6. The van der Waals surface area contributed by atoms with Gasteiger partial charge in [-0.2, -0.15) is 13.2 Å². The van der Waals surface area contributed by atoms with Crippen LogP contribution in [0.25, 0.3) is 0 Å². The summed E-state index contributed by atoms with van der Waals surface area (Å²) in [6, 6.07) is 8.71. The first-order valence-corrected chi connectivity index (χ1v) is 10.9. The highest BCUT2D eigenvalue weighted by Crippen LogP contribution is 2.34. The molecule has 5 N–H and O–H groups in total. The van der Waals surface area contributed by atoms with Crippen molar-refractivity contribution in [3.8, 4) is 5.75 Å². The molecule has 2 aromatic carbocycles. The zero-order chi connectivity index (χ0) is 25.2. The summed E-state index contributed by atoms with van der Waals surface area (Å²) in [5.74, 6) is 0.0906. The van der Waals surface area contributed by atoms with Gasteiger partial charge in [-0.05, 0) is 35.7 Å². The maximum atomic E-state index is 12.6. The number of ether oxygens (including phenoxy) is 2. The van der Waals surface area contributed by atoms with Gasteiger partial charge in [0.2, 0.25) is 6.29 Å². The Morgan fingerprint density at radius 2 is 1.62 bits per heavy atom. The van der Waals surface area contributed by atoms with Gasteiger partial charge in [0.25, 0.3) is 0 Å². The predicted molar refractivity (Wildman–Crippen MR) is 115 cm³/mol. The number of benzene rings is 2. The van der Waals surface area contributed by atoms with E-state index in [0.717, 1.165) is 0 Å². The van der Waals surface area contributed by atoms with Crippen molar-refractivity contribution in [3.63, 3.8) is 0 Å². The molecule has 2 aromatic rings. The fourth-order valence-corrected chi connectivity index (χ4v) is 4.04. The summed E-state index contributed by atoms with van der Waals surface area (Å²) < 4.78 is 49.1. The number of halogens is 4. The summed E-state index contributed by atoms with van der Waals surface area (Å²) in [6.07, 6.45) is -14.1. The van der Waals surface area contributed by atoms with Crippen molar-refractivity contribution in [3.05, 3.63) is 63.7 Å². The standard InChI is InChI=1S/C23H26ClF3O7/c1-11(29)21-19(31)18(30)20(32)22(34-21)33-17-8-14(10-28)7-16(24)15(17)6-12-2-4-13(5-3-12)9-23(25,26)27/h2-5,7-8,11,18-22,28-32H,6,9-10H2,1H3/t11?,18-,19-,20+,21+,22+/m0/s1. The van der Waals surface area contributed by atoms with Gasteiger partial charge in [0, 0.05) is 17.0 Å². The topological polar surface area (TPSA) is 120 Å². The first kappa shape index (κ1) is 26.7. The van der Waals surface area contributed by atoms with E-state index in [9.17, 15) is 38.7 Å². The molecule has 0 spiro atoms. The van der Waals surface area contributed by atoms with Crippen LogP contribution >= 0.6 is 11.6 Å². The first-order valence-electron chi connectivity index (χ1n) is 10.5. The van der Waals surface area contributed by atoms with Crippen molar-refractivity contribution in [2.45, 2.75) is 69.4 Å². The van der Waals surface area contributed by atoms with Crippen molar-refractivity contribution in [1.82, 2.24) is 0 Å². The summed E-state index contributed by atoms with van der Waals surface area (Å²) in [4.78, 5) is 0. The number of alkyl halides is 3. The molecule has 34 heavy (non-hydrogen) atoms. The van der Waals surface area contributed by atoms with Crippen molar-refractivity contribution < 1.29 is 48.2 Å². The van der Waals surface area contributed by atoms with E-state index >= 15 is 0 Å². The second-order valence-corrected chi connectivity index (χ2v) is 8.70. The Balaban J connectivity index is 1.88. The van der Waals surface area contributed by atoms with Crippen LogP contribution in [0.1, 0.15) is 29.2 Å². The number of hydrogen-bond donors (Lipinski definition) is 5. The van der Waals surface area contributed by atoms with E-state index in [0.29, 0.717) is 16.7 Å². The highest BCUT2D eigenvalue weighted by molar-refractivity contribution is 6.31. The van der Waals surface area contributed by atoms with Crippen molar-refractivity contribution in [2.24, 2.45) is 0 Å². The molecule has 1 heterocycles. The molecule has 3 rings (SSSR count). The van der Waals surface area contributed by atoms with E-state index in [1.807, 2.05) is 0 Å². The average Bonchev–Trinajstić information content (AvgIpc) is 2.76. The van der Waals surface area contributed by atoms with Gasteiger partial charge in [-0.1, -0.05) is 35.9 Å². The van der Waals surface area contributed by atoms with Crippen LogP contribution in [0.5, 0.6) is 5.75 Å². The third-order valence-electron chi connectivity index (χ3n) is 5.53. The molecule has 188 valence electrons. The normalized spacial score (nSPS) is 26.4. The third kappa shape index (κ3) is 6.39. The van der Waals surface area contributed by atoms with Gasteiger partial charge < -0.3 is 35.0 Å². The predicted octanol–water partition coefficient (Wildman–Crippen LogP) is 2.10. The van der Waals surface area contributed by atoms with Crippen LogP contribution in [0, 0.1) is 0 Å². The lowest BCUT2D eigenvalue weighted by molar-refractivity contribution is -0.286. The van der Waals surface area contributed by atoms with Crippen molar-refractivity contribution in [2.75, 3.05) is 0 Å². The molecule has 0 aliphatic carbocycles. The van der Waals surface area contributed by atoms with E-state index in [-0.39, 0.29) is 29.4 Å². The lowest BCUT2D eigenvalue weighted by Gasteiger charge is -2.41. The minimum absolute atomic E-state index is 0.0906. The summed E-state index contributed by atoms with van der Waals surface area (Å²) >= 11 is 6.39. The molecule has 0 saturated carbocycles. The monoisotopic (exact) mass is 506 g/mol. The van der Waals surface area contributed by atoms with E-state index < -0.39 is 49.4 Å². The first-order chi connectivity index (χ1) is 15.9. The van der Waals surface area contributed by atoms with Gasteiger partial charge in [0.15, 0.2) is 0 Å². The summed E-state index contributed by atoms with van der Waals surface area (Å²) in [6.45, 7) is 0.959. The minimum atomic E-state index is -4.32. The van der Waals surface area contributed by atoms with Crippen LogP contribution < -0.4 is 4.74 Å². The van der Waals surface area contributed by atoms with Gasteiger partial charge in [0.1, 0.15) is 30.2 Å². The number of hydrogen-bond acceptors (Lipinski definition) is 7. The third-order valence-corrected chi connectivity index (χ3v) is 5.87. The molecular formula is C23H26ClF3O7. The molecule has 1 aliphatic rings. The van der Waals surface area contributed by atoms with Crippen molar-refractivity contribution in [1.29, 1.82) is 0 Å². The molecule has 11 heteroatoms. The summed E-state index contributed by atoms with van der Waals surface area (Å²) in [5, 5.41) is 50.2. The lowest BCUT2D eigenvalue weighted by Crippen LogP contribution is -2.61. The van der Waals surface area contributed by atoms with Gasteiger partial charge in [-0.25, -0.2) is 0 Å². The quantitative estimate of drug-likeness (QED) is 0.390. The largest absolute Gasteiger partial charge is 0.462 e. The Morgan fingerprint density at radius 1 is 1.00 bits per heavy atom. The molecule has 6 atom stereocenters. The SMILES string of the molecule is CC(O)[C@H]1O[C@@H](Oc2cc(CO)cc(Cl)c2Cc2ccc(CC(F)(F)F)cc2)[C@H](O)[C@@H](O)[C@@H]1O. The minimum Gasteiger partial charge on any atom is -0.462 e. The Morgan fingerprint density at radius 3 is 2.18 bits per heavy atom. The highest BCUT2D eigenvalue weighted by atomic mass is 35.5. The van der Waals surface area contributed by atoms with Crippen LogP contribution in [0.4, 0.5) is 13.2 Å². The van der Waals surface area contributed by atoms with Gasteiger partial charge in [0.05, 0.1) is 19.1 Å². The van der Waals surface area contributed by atoms with E-state index in [4.69, 9.17) is 21.1 Å². The summed E-state index contributed by atoms with van der Waals surface area (Å²) in [7, 11) is 0. The Bertz CT molecular complexity index is 968. The number of rotatable bonds is 7. The fourth-order valence-electron chi connectivity index (χ4n) is 3.74. The second kappa shape index (κ2) is 10.8. The smallest absolute Gasteiger partial charge is 0.393 e. The molecule has 1 fully saturated rings. The average molecular weight is 507 g/mol. The zero-order valence-electron chi connectivity index (χ0n) is 18.1. The molecule has 0 aromatic heterocycles. The molecular weight excluding hydrogens is 481 g/mol. The molecule has 1 unspecified atom stereocenters. The molecule has 0 radical (unpaired) electrons. The zero-order valence-corrected chi connectivity index (χ0v) is 18.9. The lowest BCUT2D eigenvalue weighted by atomic mass is 9.96. The highest BCUT2D eigenvalue weighted by Gasteiger charge is 2.46. The Kier molecular flexibility index (Phi) is 8.46. The van der Waals surface area contributed by atoms with Gasteiger partial charge >= 0.3 is 6.18 Å². The second-order valence-electron chi connectivity index (χ2n) is 8.30. The fraction of sp³-hybridized carbons (Fsp3) is 0.478. The molecule has 0 amide bonds. The van der Waals surface area contributed by atoms with Gasteiger partial charge in [-0.15, -0.1) is 0 Å². The van der Waals surface area contributed by atoms with E-state index in [1.165, 1.54) is 43.3 Å². The van der Waals surface area contributed by atoms with Crippen LogP contribution in [0.2, 0.25) is 5.02 Å². The molecule has 1 aliphatic heterocycles. The van der Waals surface area contributed by atoms with Crippen LogP contribution in [0.15, 0.2) is 36.4 Å². The molecule has 7 nitrogen and oxygen atoms in total.